The molecule has 0 radical (unpaired) electrons. The van der Waals surface area contributed by atoms with Crippen molar-refractivity contribution in [3.8, 4) is 11.5 Å². The molecule has 4 heterocycles. The van der Waals surface area contributed by atoms with Crippen molar-refractivity contribution in [2.45, 2.75) is 6.92 Å². The molecule has 4 aromatic rings. The molecule has 0 aliphatic carbocycles. The Morgan fingerprint density at radius 2 is 1.97 bits per heavy atom. The van der Waals surface area contributed by atoms with Gasteiger partial charge in [0, 0.05) is 31.6 Å². The van der Waals surface area contributed by atoms with Gasteiger partial charge in [0.15, 0.2) is 0 Å². The van der Waals surface area contributed by atoms with Gasteiger partial charge in [0.1, 0.15) is 23.7 Å². The summed E-state index contributed by atoms with van der Waals surface area (Å²) in [5, 5.41) is 11.4. The second-order valence-electron chi connectivity index (χ2n) is 6.94. The van der Waals surface area contributed by atoms with Crippen molar-refractivity contribution in [1.29, 1.82) is 5.41 Å². The zero-order valence-electron chi connectivity index (χ0n) is 17.1. The first kappa shape index (κ1) is 20.4. The van der Waals surface area contributed by atoms with Crippen LogP contribution in [0.2, 0.25) is 0 Å². The number of aromatic nitrogens is 6. The molecule has 5 rings (SSSR count). The van der Waals surface area contributed by atoms with Crippen LogP contribution in [0.4, 0.5) is 11.6 Å². The SMILES string of the molecule is Cc1cccc(C=N)c1.Nc1cc(N2CCOCC2)n2nc(-c3ccncn3)nc2n1. The maximum absolute atomic E-state index is 6.92. The van der Waals surface area contributed by atoms with Gasteiger partial charge in [-0.2, -0.15) is 14.5 Å². The number of ether oxygens (including phenoxy) is 1. The van der Waals surface area contributed by atoms with Gasteiger partial charge in [0.05, 0.1) is 13.2 Å². The van der Waals surface area contributed by atoms with E-state index in [1.54, 1.807) is 22.8 Å². The van der Waals surface area contributed by atoms with E-state index < -0.39 is 0 Å². The first-order valence-electron chi connectivity index (χ1n) is 9.83. The summed E-state index contributed by atoms with van der Waals surface area (Å²) in [6.07, 6.45) is 4.47. The second kappa shape index (κ2) is 9.26. The lowest BCUT2D eigenvalue weighted by Crippen LogP contribution is -2.37. The van der Waals surface area contributed by atoms with Gasteiger partial charge in [0.2, 0.25) is 5.82 Å². The van der Waals surface area contributed by atoms with Crippen LogP contribution in [0.15, 0.2) is 48.9 Å². The van der Waals surface area contributed by atoms with Gasteiger partial charge in [0.25, 0.3) is 5.78 Å². The van der Waals surface area contributed by atoms with Crippen LogP contribution in [0, 0.1) is 12.3 Å². The summed E-state index contributed by atoms with van der Waals surface area (Å²) >= 11 is 0. The minimum Gasteiger partial charge on any atom is -0.383 e. The Balaban J connectivity index is 0.000000217. The van der Waals surface area contributed by atoms with E-state index in [1.165, 1.54) is 18.1 Å². The minimum atomic E-state index is 0.413. The fourth-order valence-corrected chi connectivity index (χ4v) is 3.18. The van der Waals surface area contributed by atoms with Crippen molar-refractivity contribution in [2.24, 2.45) is 0 Å². The third kappa shape index (κ3) is 4.81. The van der Waals surface area contributed by atoms with Gasteiger partial charge in [-0.15, -0.1) is 5.10 Å². The number of rotatable bonds is 3. The van der Waals surface area contributed by atoms with E-state index in [-0.39, 0.29) is 0 Å². The molecule has 0 unspecified atom stereocenters. The first-order valence-corrected chi connectivity index (χ1v) is 9.83. The summed E-state index contributed by atoms with van der Waals surface area (Å²) in [5.41, 5.74) is 8.72. The Morgan fingerprint density at radius 3 is 2.65 bits per heavy atom. The van der Waals surface area contributed by atoms with Crippen molar-refractivity contribution in [3.05, 3.63) is 60.0 Å². The summed E-state index contributed by atoms with van der Waals surface area (Å²) in [4.78, 5) is 18.9. The number of hydrogen-bond acceptors (Lipinski definition) is 9. The van der Waals surface area contributed by atoms with Crippen LogP contribution in [0.1, 0.15) is 11.1 Å². The average Bonchev–Trinajstić information content (AvgIpc) is 3.24. The van der Waals surface area contributed by atoms with E-state index in [0.29, 0.717) is 36.3 Å². The molecule has 0 bridgehead atoms. The predicted molar refractivity (Wildman–Crippen MR) is 118 cm³/mol. The van der Waals surface area contributed by atoms with E-state index in [2.05, 4.69) is 29.9 Å². The molecular formula is C21H23N9O. The van der Waals surface area contributed by atoms with Gasteiger partial charge in [-0.05, 0) is 18.6 Å². The quantitative estimate of drug-likeness (QED) is 0.484. The van der Waals surface area contributed by atoms with E-state index in [4.69, 9.17) is 15.9 Å². The van der Waals surface area contributed by atoms with E-state index >= 15 is 0 Å². The number of hydrogen-bond donors (Lipinski definition) is 2. The molecule has 10 heteroatoms. The monoisotopic (exact) mass is 417 g/mol. The lowest BCUT2D eigenvalue weighted by molar-refractivity contribution is 0.122. The fourth-order valence-electron chi connectivity index (χ4n) is 3.18. The number of benzene rings is 1. The van der Waals surface area contributed by atoms with Crippen LogP contribution >= 0.6 is 0 Å². The van der Waals surface area contributed by atoms with Crippen molar-refractivity contribution >= 4 is 23.6 Å². The Hall–Kier alpha value is -3.92. The predicted octanol–water partition coefficient (Wildman–Crippen LogP) is 1.99. The molecule has 1 aliphatic rings. The molecule has 1 aromatic carbocycles. The maximum Gasteiger partial charge on any atom is 0.256 e. The van der Waals surface area contributed by atoms with Gasteiger partial charge >= 0.3 is 0 Å². The Kier molecular flexibility index (Phi) is 6.08. The van der Waals surface area contributed by atoms with Crippen LogP contribution in [-0.2, 0) is 4.74 Å². The highest BCUT2D eigenvalue weighted by Gasteiger charge is 2.18. The van der Waals surface area contributed by atoms with Crippen LogP contribution in [0.3, 0.4) is 0 Å². The topological polar surface area (TPSA) is 131 Å². The van der Waals surface area contributed by atoms with Crippen molar-refractivity contribution in [2.75, 3.05) is 36.9 Å². The van der Waals surface area contributed by atoms with E-state index in [1.807, 2.05) is 31.2 Å². The van der Waals surface area contributed by atoms with Crippen LogP contribution in [0.5, 0.6) is 0 Å². The number of morpholine rings is 1. The zero-order chi connectivity index (χ0) is 21.6. The largest absolute Gasteiger partial charge is 0.383 e. The minimum absolute atomic E-state index is 0.413. The molecule has 0 saturated carbocycles. The first-order chi connectivity index (χ1) is 15.1. The molecular weight excluding hydrogens is 394 g/mol. The fraction of sp³-hybridized carbons (Fsp3) is 0.238. The lowest BCUT2D eigenvalue weighted by Gasteiger charge is -2.28. The third-order valence-electron chi connectivity index (χ3n) is 4.67. The summed E-state index contributed by atoms with van der Waals surface area (Å²) in [5.74, 6) is 2.22. The molecule has 0 spiro atoms. The molecule has 1 saturated heterocycles. The summed E-state index contributed by atoms with van der Waals surface area (Å²) in [6.45, 7) is 4.93. The standard InChI is InChI=1S/C13H14N8O.C8H9N/c14-10-7-11(20-3-5-22-6-4-20)21-13(17-10)18-12(19-21)9-1-2-15-8-16-9;1-7-3-2-4-8(5-7)6-9/h1-2,7-8H,3-6H2,(H2,14,17,18,19);2-6,9H,1H3. The summed E-state index contributed by atoms with van der Waals surface area (Å²) in [6, 6.07) is 11.4. The number of anilines is 2. The molecule has 3 aromatic heterocycles. The highest BCUT2D eigenvalue weighted by atomic mass is 16.5. The normalized spacial score (nSPS) is 13.5. The number of nitrogen functional groups attached to an aromatic ring is 1. The molecule has 158 valence electrons. The molecule has 10 nitrogen and oxygen atoms in total. The number of fused-ring (bicyclic) bond motifs is 1. The zero-order valence-corrected chi connectivity index (χ0v) is 17.1. The summed E-state index contributed by atoms with van der Waals surface area (Å²) in [7, 11) is 0. The van der Waals surface area contributed by atoms with Gasteiger partial charge in [-0.1, -0.05) is 29.8 Å². The smallest absolute Gasteiger partial charge is 0.256 e. The second-order valence-corrected chi connectivity index (χ2v) is 6.94. The average molecular weight is 417 g/mol. The van der Waals surface area contributed by atoms with E-state index in [0.717, 1.165) is 24.5 Å². The number of nitrogens with zero attached hydrogens (tertiary/aromatic N) is 7. The number of nitrogens with two attached hydrogens (primary N) is 1. The van der Waals surface area contributed by atoms with Crippen LogP contribution in [0.25, 0.3) is 17.3 Å². The van der Waals surface area contributed by atoms with Gasteiger partial charge < -0.3 is 20.8 Å². The number of nitrogens with one attached hydrogen (secondary N) is 1. The van der Waals surface area contributed by atoms with Gasteiger partial charge in [-0.25, -0.2) is 9.97 Å². The lowest BCUT2D eigenvalue weighted by atomic mass is 10.2. The molecule has 31 heavy (non-hydrogen) atoms. The van der Waals surface area contributed by atoms with E-state index in [9.17, 15) is 0 Å². The third-order valence-corrected chi connectivity index (χ3v) is 4.67. The van der Waals surface area contributed by atoms with Crippen LogP contribution < -0.4 is 10.6 Å². The maximum atomic E-state index is 6.92. The Morgan fingerprint density at radius 1 is 1.13 bits per heavy atom. The summed E-state index contributed by atoms with van der Waals surface area (Å²) < 4.78 is 7.08. The number of aryl methyl sites for hydroxylation is 1. The van der Waals surface area contributed by atoms with Gasteiger partial charge in [-0.3, -0.25) is 0 Å². The van der Waals surface area contributed by atoms with Crippen molar-refractivity contribution in [1.82, 2.24) is 29.5 Å². The van der Waals surface area contributed by atoms with Crippen molar-refractivity contribution in [3.63, 3.8) is 0 Å². The molecule has 0 amide bonds. The molecule has 0 atom stereocenters. The van der Waals surface area contributed by atoms with Crippen molar-refractivity contribution < 1.29 is 4.74 Å². The molecule has 1 fully saturated rings. The molecule has 1 aliphatic heterocycles. The van der Waals surface area contributed by atoms with Crippen LogP contribution in [-0.4, -0.2) is 62.1 Å². The highest BCUT2D eigenvalue weighted by molar-refractivity contribution is 5.77. The Bertz CT molecular complexity index is 1170. The molecule has 3 N–H and O–H groups in total. The highest BCUT2D eigenvalue weighted by Crippen LogP contribution is 2.21. The Labute approximate surface area is 179 Å².